The van der Waals surface area contributed by atoms with Crippen LogP contribution in [-0.4, -0.2) is 38.2 Å². The van der Waals surface area contributed by atoms with Crippen molar-refractivity contribution in [3.63, 3.8) is 0 Å². The summed E-state index contributed by atoms with van der Waals surface area (Å²) in [7, 11) is 3.77. The maximum Gasteiger partial charge on any atom is 0.119 e. The van der Waals surface area contributed by atoms with Gasteiger partial charge < -0.3 is 10.1 Å². The summed E-state index contributed by atoms with van der Waals surface area (Å²) in [5.41, 5.74) is 1.31. The fraction of sp³-hybridized carbons (Fsp3) is 0.625. The molecule has 1 fully saturated rings. The summed E-state index contributed by atoms with van der Waals surface area (Å²) in [5.74, 6) is 0.936. The Balaban J connectivity index is 2.05. The van der Waals surface area contributed by atoms with Gasteiger partial charge in [-0.3, -0.25) is 4.90 Å². The largest absolute Gasteiger partial charge is 0.497 e. The van der Waals surface area contributed by atoms with Crippen molar-refractivity contribution < 1.29 is 4.74 Å². The number of nitrogens with zero attached hydrogens (tertiary/aromatic N) is 1. The first kappa shape index (κ1) is 14.4. The lowest BCUT2D eigenvalue weighted by atomic mass is 10.1. The topological polar surface area (TPSA) is 24.5 Å². The number of hydrogen-bond donors (Lipinski definition) is 1. The summed E-state index contributed by atoms with van der Waals surface area (Å²) < 4.78 is 5.32. The van der Waals surface area contributed by atoms with Gasteiger partial charge >= 0.3 is 0 Å². The Morgan fingerprint density at radius 3 is 2.79 bits per heavy atom. The minimum Gasteiger partial charge on any atom is -0.497 e. The van der Waals surface area contributed by atoms with Gasteiger partial charge in [-0.15, -0.1) is 0 Å². The highest BCUT2D eigenvalue weighted by Crippen LogP contribution is 2.29. The molecule has 0 saturated heterocycles. The van der Waals surface area contributed by atoms with Crippen molar-refractivity contribution in [2.45, 2.75) is 38.3 Å². The molecule has 3 nitrogen and oxygen atoms in total. The van der Waals surface area contributed by atoms with Crippen LogP contribution < -0.4 is 10.1 Å². The first-order valence-corrected chi connectivity index (χ1v) is 7.33. The number of rotatable bonds is 8. The summed E-state index contributed by atoms with van der Waals surface area (Å²) in [4.78, 5) is 2.63. The van der Waals surface area contributed by atoms with E-state index in [9.17, 15) is 0 Å². The summed E-state index contributed by atoms with van der Waals surface area (Å²) >= 11 is 0. The van der Waals surface area contributed by atoms with E-state index in [0.29, 0.717) is 6.04 Å². The fourth-order valence-corrected chi connectivity index (χ4v) is 2.61. The molecule has 0 aliphatic heterocycles. The summed E-state index contributed by atoms with van der Waals surface area (Å²) in [6.45, 7) is 4.55. The first-order chi connectivity index (χ1) is 9.28. The predicted octanol–water partition coefficient (Wildman–Crippen LogP) is 2.83. The molecule has 19 heavy (non-hydrogen) atoms. The minimum absolute atomic E-state index is 0.377. The molecule has 0 amide bonds. The molecule has 1 aliphatic rings. The highest BCUT2D eigenvalue weighted by molar-refractivity contribution is 5.30. The highest BCUT2D eigenvalue weighted by Gasteiger charge is 2.29. The second-order valence-electron chi connectivity index (χ2n) is 5.34. The third-order valence-electron chi connectivity index (χ3n) is 3.84. The molecule has 3 heteroatoms. The van der Waals surface area contributed by atoms with E-state index in [1.807, 2.05) is 13.1 Å². The van der Waals surface area contributed by atoms with Crippen LogP contribution in [0, 0.1) is 0 Å². The molecule has 1 unspecified atom stereocenters. The normalized spacial score (nSPS) is 16.6. The van der Waals surface area contributed by atoms with E-state index >= 15 is 0 Å². The van der Waals surface area contributed by atoms with Gasteiger partial charge in [0.05, 0.1) is 7.11 Å². The lowest BCUT2D eigenvalue weighted by molar-refractivity contribution is 0.237. The van der Waals surface area contributed by atoms with E-state index in [4.69, 9.17) is 4.74 Å². The summed E-state index contributed by atoms with van der Waals surface area (Å²) in [6, 6.07) is 9.59. The van der Waals surface area contributed by atoms with Gasteiger partial charge in [0.1, 0.15) is 5.75 Å². The van der Waals surface area contributed by atoms with E-state index < -0.39 is 0 Å². The van der Waals surface area contributed by atoms with E-state index in [-0.39, 0.29) is 0 Å². The van der Waals surface area contributed by atoms with Crippen LogP contribution in [0.5, 0.6) is 5.75 Å². The molecule has 2 rings (SSSR count). The van der Waals surface area contributed by atoms with Crippen LogP contribution in [0.1, 0.15) is 37.8 Å². The maximum absolute atomic E-state index is 5.32. The average molecular weight is 262 g/mol. The van der Waals surface area contributed by atoms with Gasteiger partial charge in [0.2, 0.25) is 0 Å². The van der Waals surface area contributed by atoms with Gasteiger partial charge in [-0.05, 0) is 50.6 Å². The molecule has 1 aliphatic carbocycles. The SMILES string of the molecule is CCCN(CC(NC)c1cccc(OC)c1)C1CC1. The van der Waals surface area contributed by atoms with E-state index in [1.54, 1.807) is 7.11 Å². The van der Waals surface area contributed by atoms with Crippen molar-refractivity contribution in [3.8, 4) is 5.75 Å². The Kier molecular flexibility index (Phi) is 5.23. The molecule has 0 heterocycles. The number of methoxy groups -OCH3 is 1. The lowest BCUT2D eigenvalue weighted by Crippen LogP contribution is -2.35. The number of nitrogens with one attached hydrogen (secondary N) is 1. The van der Waals surface area contributed by atoms with Gasteiger partial charge in [0, 0.05) is 18.6 Å². The Hall–Kier alpha value is -1.06. The van der Waals surface area contributed by atoms with Gasteiger partial charge in [0.15, 0.2) is 0 Å². The highest BCUT2D eigenvalue weighted by atomic mass is 16.5. The standard InChI is InChI=1S/C16H26N2O/c1-4-10-18(14-8-9-14)12-16(17-2)13-6-5-7-15(11-13)19-3/h5-7,11,14,16-17H,4,8-10,12H2,1-3H3. The van der Waals surface area contributed by atoms with Crippen molar-refractivity contribution in [3.05, 3.63) is 29.8 Å². The first-order valence-electron chi connectivity index (χ1n) is 7.33. The Morgan fingerprint density at radius 1 is 1.42 bits per heavy atom. The van der Waals surface area contributed by atoms with Crippen LogP contribution in [0.4, 0.5) is 0 Å². The number of likely N-dealkylation sites (N-methyl/N-ethyl adjacent to an activating group) is 1. The second-order valence-corrected chi connectivity index (χ2v) is 5.34. The van der Waals surface area contributed by atoms with Crippen molar-refractivity contribution in [2.24, 2.45) is 0 Å². The summed E-state index contributed by atoms with van der Waals surface area (Å²) in [6.07, 6.45) is 3.97. The molecule has 0 spiro atoms. The minimum atomic E-state index is 0.377. The second kappa shape index (κ2) is 6.92. The molecule has 106 valence electrons. The van der Waals surface area contributed by atoms with Crippen LogP contribution in [-0.2, 0) is 0 Å². The third-order valence-corrected chi connectivity index (χ3v) is 3.84. The van der Waals surface area contributed by atoms with E-state index in [2.05, 4.69) is 35.3 Å². The molecule has 1 N–H and O–H groups in total. The molecular formula is C16H26N2O. The zero-order valence-electron chi connectivity index (χ0n) is 12.4. The molecule has 1 atom stereocenters. The van der Waals surface area contributed by atoms with Crippen LogP contribution >= 0.6 is 0 Å². The zero-order valence-corrected chi connectivity index (χ0v) is 12.4. The molecule has 1 aromatic rings. The van der Waals surface area contributed by atoms with Crippen LogP contribution in [0.25, 0.3) is 0 Å². The number of ether oxygens (including phenoxy) is 1. The smallest absolute Gasteiger partial charge is 0.119 e. The van der Waals surface area contributed by atoms with Gasteiger partial charge in [-0.1, -0.05) is 19.1 Å². The Labute approximate surface area is 116 Å². The number of benzene rings is 1. The fourth-order valence-electron chi connectivity index (χ4n) is 2.61. The average Bonchev–Trinajstić information content (AvgIpc) is 3.28. The van der Waals surface area contributed by atoms with Gasteiger partial charge in [-0.25, -0.2) is 0 Å². The van der Waals surface area contributed by atoms with Crippen molar-refractivity contribution in [2.75, 3.05) is 27.2 Å². The zero-order chi connectivity index (χ0) is 13.7. The van der Waals surface area contributed by atoms with Crippen molar-refractivity contribution in [1.29, 1.82) is 0 Å². The van der Waals surface area contributed by atoms with E-state index in [1.165, 1.54) is 31.4 Å². The van der Waals surface area contributed by atoms with Gasteiger partial charge in [0.25, 0.3) is 0 Å². The molecule has 0 radical (unpaired) electrons. The molecule has 1 aromatic carbocycles. The molecular weight excluding hydrogens is 236 g/mol. The van der Waals surface area contributed by atoms with Crippen molar-refractivity contribution >= 4 is 0 Å². The van der Waals surface area contributed by atoms with E-state index in [0.717, 1.165) is 18.3 Å². The third kappa shape index (κ3) is 3.95. The lowest BCUT2D eigenvalue weighted by Gasteiger charge is -2.27. The van der Waals surface area contributed by atoms with Crippen LogP contribution in [0.3, 0.4) is 0 Å². The van der Waals surface area contributed by atoms with Crippen LogP contribution in [0.2, 0.25) is 0 Å². The maximum atomic E-state index is 5.32. The Morgan fingerprint density at radius 2 is 2.21 bits per heavy atom. The molecule has 0 bridgehead atoms. The number of hydrogen-bond acceptors (Lipinski definition) is 3. The summed E-state index contributed by atoms with van der Waals surface area (Å²) in [5, 5.41) is 3.44. The van der Waals surface area contributed by atoms with Gasteiger partial charge in [-0.2, -0.15) is 0 Å². The predicted molar refractivity (Wildman–Crippen MR) is 79.7 cm³/mol. The Bertz CT molecular complexity index is 390. The van der Waals surface area contributed by atoms with Crippen molar-refractivity contribution in [1.82, 2.24) is 10.2 Å². The molecule has 1 saturated carbocycles. The molecule has 0 aromatic heterocycles. The van der Waals surface area contributed by atoms with Crippen LogP contribution in [0.15, 0.2) is 24.3 Å². The monoisotopic (exact) mass is 262 g/mol. The quantitative estimate of drug-likeness (QED) is 0.779.